The lowest BCUT2D eigenvalue weighted by Crippen LogP contribution is -2.24. The topological polar surface area (TPSA) is 88.9 Å². The van der Waals surface area contributed by atoms with Crippen LogP contribution in [0.3, 0.4) is 0 Å². The highest BCUT2D eigenvalue weighted by Gasteiger charge is 2.13. The minimum atomic E-state index is -0.235. The molecule has 29 heavy (non-hydrogen) atoms. The van der Waals surface area contributed by atoms with Crippen molar-refractivity contribution in [2.45, 2.75) is 11.7 Å². The molecule has 7 nitrogen and oxygen atoms in total. The van der Waals surface area contributed by atoms with Crippen molar-refractivity contribution in [1.29, 1.82) is 0 Å². The molecule has 150 valence electrons. The van der Waals surface area contributed by atoms with E-state index >= 15 is 0 Å². The van der Waals surface area contributed by atoms with E-state index in [1.807, 2.05) is 6.07 Å². The van der Waals surface area contributed by atoms with Crippen molar-refractivity contribution in [3.8, 4) is 0 Å². The molecule has 3 aromatic rings. The highest BCUT2D eigenvalue weighted by Crippen LogP contribution is 2.25. The second kappa shape index (κ2) is 9.78. The number of thioether (sulfide) groups is 1. The number of carbonyl (C=O) groups excluding carboxylic acids is 2. The molecule has 2 aromatic carbocycles. The fraction of sp³-hybridized carbons (Fsp3) is 0.158. The van der Waals surface area contributed by atoms with Crippen molar-refractivity contribution in [3.05, 3.63) is 70.0 Å². The Labute approximate surface area is 181 Å². The molecule has 0 saturated carbocycles. The maximum Gasteiger partial charge on any atom is 0.251 e. The van der Waals surface area contributed by atoms with Gasteiger partial charge in [0.15, 0.2) is 11.0 Å². The minimum absolute atomic E-state index is 0.126. The van der Waals surface area contributed by atoms with E-state index in [4.69, 9.17) is 23.2 Å². The Hall–Kier alpha value is -2.55. The molecular weight excluding hydrogens is 433 g/mol. The minimum Gasteiger partial charge on any atom is -0.345 e. The zero-order chi connectivity index (χ0) is 20.8. The van der Waals surface area contributed by atoms with Gasteiger partial charge in [0, 0.05) is 17.6 Å². The van der Waals surface area contributed by atoms with Crippen molar-refractivity contribution >= 4 is 52.5 Å². The largest absolute Gasteiger partial charge is 0.345 e. The van der Waals surface area contributed by atoms with Gasteiger partial charge in [0.25, 0.3) is 5.91 Å². The highest BCUT2D eigenvalue weighted by atomic mass is 35.5. The number of nitrogens with zero attached hydrogens (tertiary/aromatic N) is 3. The van der Waals surface area contributed by atoms with E-state index in [0.29, 0.717) is 32.3 Å². The number of hydrogen-bond acceptors (Lipinski definition) is 5. The summed E-state index contributed by atoms with van der Waals surface area (Å²) < 4.78 is 1.73. The van der Waals surface area contributed by atoms with Crippen molar-refractivity contribution < 1.29 is 9.59 Å². The number of benzene rings is 2. The Balaban J connectivity index is 1.52. The van der Waals surface area contributed by atoms with Crippen LogP contribution >= 0.6 is 35.0 Å². The zero-order valence-electron chi connectivity index (χ0n) is 15.4. The van der Waals surface area contributed by atoms with Crippen LogP contribution < -0.4 is 10.6 Å². The van der Waals surface area contributed by atoms with E-state index in [1.54, 1.807) is 54.1 Å². The first-order valence-electron chi connectivity index (χ1n) is 8.53. The van der Waals surface area contributed by atoms with Crippen LogP contribution in [0.15, 0.2) is 53.7 Å². The maximum absolute atomic E-state index is 12.2. The fourth-order valence-electron chi connectivity index (χ4n) is 2.38. The summed E-state index contributed by atoms with van der Waals surface area (Å²) in [4.78, 5) is 24.3. The molecule has 2 N–H and O–H groups in total. The SMILES string of the molecule is Cn1c(CNC(=O)c2ccccc2)nnc1SCC(=O)Nc1ccc(Cl)cc1Cl. The van der Waals surface area contributed by atoms with Crippen LogP contribution in [0, 0.1) is 0 Å². The molecule has 10 heteroatoms. The van der Waals surface area contributed by atoms with Crippen LogP contribution in [0.2, 0.25) is 10.0 Å². The molecule has 0 radical (unpaired) electrons. The predicted octanol–water partition coefficient (Wildman–Crippen LogP) is 3.78. The normalized spacial score (nSPS) is 10.6. The molecule has 2 amide bonds. The summed E-state index contributed by atoms with van der Waals surface area (Å²) >= 11 is 13.1. The van der Waals surface area contributed by atoms with E-state index in [0.717, 1.165) is 0 Å². The summed E-state index contributed by atoms with van der Waals surface area (Å²) in [6.45, 7) is 0.227. The summed E-state index contributed by atoms with van der Waals surface area (Å²) in [5.41, 5.74) is 1.06. The molecule has 0 atom stereocenters. The standard InChI is InChI=1S/C19H17Cl2N5O2S/c1-26-16(10-22-18(28)12-5-3-2-4-6-12)24-25-19(26)29-11-17(27)23-15-8-7-13(20)9-14(15)21/h2-9H,10-11H2,1H3,(H,22,28)(H,23,27). The van der Waals surface area contributed by atoms with Crippen molar-refractivity contribution in [3.63, 3.8) is 0 Å². The zero-order valence-corrected chi connectivity index (χ0v) is 17.7. The van der Waals surface area contributed by atoms with Crippen molar-refractivity contribution in [2.24, 2.45) is 7.05 Å². The Bertz CT molecular complexity index is 1030. The number of carbonyl (C=O) groups is 2. The van der Waals surface area contributed by atoms with E-state index < -0.39 is 0 Å². The van der Waals surface area contributed by atoms with Gasteiger partial charge in [-0.2, -0.15) is 0 Å². The smallest absolute Gasteiger partial charge is 0.251 e. The Morgan fingerprint density at radius 3 is 2.59 bits per heavy atom. The molecule has 0 saturated heterocycles. The monoisotopic (exact) mass is 449 g/mol. The molecule has 0 unspecified atom stereocenters. The molecule has 0 spiro atoms. The van der Waals surface area contributed by atoms with Crippen LogP contribution in [0.4, 0.5) is 5.69 Å². The Morgan fingerprint density at radius 2 is 1.86 bits per heavy atom. The van der Waals surface area contributed by atoms with Crippen LogP contribution in [0.1, 0.15) is 16.2 Å². The fourth-order valence-corrected chi connectivity index (χ4v) is 3.57. The second-order valence-electron chi connectivity index (χ2n) is 5.97. The molecule has 1 aromatic heterocycles. The van der Waals surface area contributed by atoms with Gasteiger partial charge in [-0.25, -0.2) is 0 Å². The summed E-state index contributed by atoms with van der Waals surface area (Å²) in [5, 5.41) is 15.1. The maximum atomic E-state index is 12.2. The Kier molecular flexibility index (Phi) is 7.13. The number of halogens is 2. The summed E-state index contributed by atoms with van der Waals surface area (Å²) in [6.07, 6.45) is 0. The number of anilines is 1. The summed E-state index contributed by atoms with van der Waals surface area (Å²) in [7, 11) is 1.78. The molecule has 1 heterocycles. The molecule has 3 rings (SSSR count). The number of rotatable bonds is 7. The van der Waals surface area contributed by atoms with Crippen LogP contribution in [0.25, 0.3) is 0 Å². The molecule has 0 aliphatic rings. The van der Waals surface area contributed by atoms with Gasteiger partial charge in [-0.15, -0.1) is 10.2 Å². The van der Waals surface area contributed by atoms with Crippen LogP contribution in [-0.4, -0.2) is 32.3 Å². The third-order valence-electron chi connectivity index (χ3n) is 3.91. The molecule has 0 aliphatic carbocycles. The lowest BCUT2D eigenvalue weighted by Gasteiger charge is -2.08. The van der Waals surface area contributed by atoms with Gasteiger partial charge >= 0.3 is 0 Å². The van der Waals surface area contributed by atoms with Gasteiger partial charge in [-0.1, -0.05) is 53.2 Å². The quantitative estimate of drug-likeness (QED) is 0.535. The molecule has 0 aliphatic heterocycles. The van der Waals surface area contributed by atoms with E-state index in [-0.39, 0.29) is 24.1 Å². The lowest BCUT2D eigenvalue weighted by atomic mass is 10.2. The third-order valence-corrected chi connectivity index (χ3v) is 5.47. The number of hydrogen-bond donors (Lipinski definition) is 2. The molecular formula is C19H17Cl2N5O2S. The first kappa shape index (κ1) is 21.2. The third kappa shape index (κ3) is 5.72. The molecule has 0 fully saturated rings. The van der Waals surface area contributed by atoms with Gasteiger partial charge in [-0.05, 0) is 30.3 Å². The van der Waals surface area contributed by atoms with Crippen molar-refractivity contribution in [1.82, 2.24) is 20.1 Å². The highest BCUT2D eigenvalue weighted by molar-refractivity contribution is 7.99. The van der Waals surface area contributed by atoms with Gasteiger partial charge in [0.05, 0.1) is 23.0 Å². The summed E-state index contributed by atoms with van der Waals surface area (Å²) in [5.74, 6) is 0.280. The lowest BCUT2D eigenvalue weighted by molar-refractivity contribution is -0.113. The second-order valence-corrected chi connectivity index (χ2v) is 7.75. The molecule has 0 bridgehead atoms. The first-order valence-corrected chi connectivity index (χ1v) is 10.3. The van der Waals surface area contributed by atoms with Gasteiger partial charge < -0.3 is 15.2 Å². The number of nitrogens with one attached hydrogen (secondary N) is 2. The summed E-state index contributed by atoms with van der Waals surface area (Å²) in [6, 6.07) is 13.8. The predicted molar refractivity (Wildman–Crippen MR) is 114 cm³/mol. The van der Waals surface area contributed by atoms with Gasteiger partial charge in [-0.3, -0.25) is 9.59 Å². The van der Waals surface area contributed by atoms with E-state index in [9.17, 15) is 9.59 Å². The average molecular weight is 450 g/mol. The van der Waals surface area contributed by atoms with Gasteiger partial charge in [0.1, 0.15) is 0 Å². The van der Waals surface area contributed by atoms with Crippen LogP contribution in [-0.2, 0) is 18.4 Å². The number of aromatic nitrogens is 3. The van der Waals surface area contributed by atoms with Crippen LogP contribution in [0.5, 0.6) is 0 Å². The van der Waals surface area contributed by atoms with Crippen molar-refractivity contribution in [2.75, 3.05) is 11.1 Å². The van der Waals surface area contributed by atoms with E-state index in [1.165, 1.54) is 11.8 Å². The first-order chi connectivity index (χ1) is 13.9. The Morgan fingerprint density at radius 1 is 1.10 bits per heavy atom. The number of amides is 2. The van der Waals surface area contributed by atoms with E-state index in [2.05, 4.69) is 20.8 Å². The van der Waals surface area contributed by atoms with Gasteiger partial charge in [0.2, 0.25) is 5.91 Å². The average Bonchev–Trinajstić information content (AvgIpc) is 3.07.